The minimum atomic E-state index is -0.335. The van der Waals surface area contributed by atoms with E-state index in [1.54, 1.807) is 19.3 Å². The average Bonchev–Trinajstić information content (AvgIpc) is 2.39. The number of carbonyl (C=O) groups is 1. The number of pyridine rings is 1. The molecule has 0 unspecified atom stereocenters. The van der Waals surface area contributed by atoms with Crippen molar-refractivity contribution in [1.82, 2.24) is 15.0 Å². The molecular formula is C12H13N5O. The fourth-order valence-electron chi connectivity index (χ4n) is 1.39. The van der Waals surface area contributed by atoms with Crippen LogP contribution in [0.2, 0.25) is 0 Å². The van der Waals surface area contributed by atoms with Gasteiger partial charge < -0.3 is 10.6 Å². The van der Waals surface area contributed by atoms with Crippen molar-refractivity contribution < 1.29 is 4.79 Å². The highest BCUT2D eigenvalue weighted by Gasteiger charge is 2.09. The van der Waals surface area contributed by atoms with Gasteiger partial charge in [0.1, 0.15) is 17.3 Å². The summed E-state index contributed by atoms with van der Waals surface area (Å²) >= 11 is 0. The molecule has 2 aromatic heterocycles. The number of aromatic nitrogens is 3. The van der Waals surface area contributed by atoms with Crippen molar-refractivity contribution in [3.8, 4) is 0 Å². The second-order valence-electron chi connectivity index (χ2n) is 3.66. The molecule has 0 atom stereocenters. The van der Waals surface area contributed by atoms with Crippen LogP contribution in [0.3, 0.4) is 0 Å². The van der Waals surface area contributed by atoms with Crippen LogP contribution >= 0.6 is 0 Å². The highest BCUT2D eigenvalue weighted by Crippen LogP contribution is 2.07. The van der Waals surface area contributed by atoms with E-state index in [9.17, 15) is 4.79 Å². The van der Waals surface area contributed by atoms with E-state index in [-0.39, 0.29) is 11.6 Å². The first-order valence-electron chi connectivity index (χ1n) is 5.44. The van der Waals surface area contributed by atoms with E-state index >= 15 is 0 Å². The number of rotatable bonds is 3. The predicted molar refractivity (Wildman–Crippen MR) is 68.5 cm³/mol. The Morgan fingerprint density at radius 1 is 1.17 bits per heavy atom. The Hall–Kier alpha value is -2.50. The first kappa shape index (κ1) is 12.0. The molecule has 0 fully saturated rings. The van der Waals surface area contributed by atoms with E-state index in [2.05, 4.69) is 25.6 Å². The fraction of sp³-hybridized carbons (Fsp3) is 0.167. The number of hydrogen-bond donors (Lipinski definition) is 2. The summed E-state index contributed by atoms with van der Waals surface area (Å²) in [5, 5.41) is 5.50. The van der Waals surface area contributed by atoms with Gasteiger partial charge in [0, 0.05) is 12.7 Å². The molecule has 6 heteroatoms. The van der Waals surface area contributed by atoms with Gasteiger partial charge in [-0.3, -0.25) is 9.78 Å². The zero-order valence-corrected chi connectivity index (χ0v) is 10.1. The van der Waals surface area contributed by atoms with Crippen LogP contribution in [0.1, 0.15) is 16.2 Å². The Morgan fingerprint density at radius 3 is 2.72 bits per heavy atom. The summed E-state index contributed by atoms with van der Waals surface area (Å²) in [7, 11) is 1.72. The Balaban J connectivity index is 2.16. The van der Waals surface area contributed by atoms with Gasteiger partial charge >= 0.3 is 0 Å². The molecule has 2 aromatic rings. The SMILES string of the molecule is CNc1cncc(C(=O)Nc2cccc(C)n2)n1. The third-order valence-corrected chi connectivity index (χ3v) is 2.25. The topological polar surface area (TPSA) is 79.8 Å². The first-order chi connectivity index (χ1) is 8.69. The molecule has 0 aliphatic heterocycles. The lowest BCUT2D eigenvalue weighted by Gasteiger charge is -2.05. The lowest BCUT2D eigenvalue weighted by Crippen LogP contribution is -2.15. The van der Waals surface area contributed by atoms with Crippen molar-refractivity contribution in [3.63, 3.8) is 0 Å². The van der Waals surface area contributed by atoms with E-state index in [1.165, 1.54) is 6.20 Å². The van der Waals surface area contributed by atoms with Crippen molar-refractivity contribution in [2.45, 2.75) is 6.92 Å². The summed E-state index contributed by atoms with van der Waals surface area (Å²) in [6, 6.07) is 5.41. The van der Waals surface area contributed by atoms with Crippen LogP contribution in [0.4, 0.5) is 11.6 Å². The molecule has 1 amide bonds. The van der Waals surface area contributed by atoms with E-state index in [4.69, 9.17) is 0 Å². The number of carbonyl (C=O) groups excluding carboxylic acids is 1. The Labute approximate surface area is 105 Å². The van der Waals surface area contributed by atoms with Crippen LogP contribution in [0, 0.1) is 6.92 Å². The van der Waals surface area contributed by atoms with Gasteiger partial charge in [0.15, 0.2) is 0 Å². The summed E-state index contributed by atoms with van der Waals surface area (Å²) in [6.07, 6.45) is 2.95. The van der Waals surface area contributed by atoms with Crippen molar-refractivity contribution in [1.29, 1.82) is 0 Å². The fourth-order valence-corrected chi connectivity index (χ4v) is 1.39. The van der Waals surface area contributed by atoms with Crippen LogP contribution < -0.4 is 10.6 Å². The zero-order chi connectivity index (χ0) is 13.0. The van der Waals surface area contributed by atoms with Crippen LogP contribution in [-0.4, -0.2) is 27.9 Å². The van der Waals surface area contributed by atoms with Gasteiger partial charge in [0.2, 0.25) is 0 Å². The average molecular weight is 243 g/mol. The first-order valence-corrected chi connectivity index (χ1v) is 5.44. The normalized spacial score (nSPS) is 9.89. The minimum Gasteiger partial charge on any atom is -0.372 e. The maximum absolute atomic E-state index is 11.9. The molecule has 2 rings (SSSR count). The minimum absolute atomic E-state index is 0.241. The molecule has 0 radical (unpaired) electrons. The third-order valence-electron chi connectivity index (χ3n) is 2.25. The lowest BCUT2D eigenvalue weighted by atomic mass is 10.3. The lowest BCUT2D eigenvalue weighted by molar-refractivity contribution is 0.102. The summed E-state index contributed by atoms with van der Waals surface area (Å²) in [6.45, 7) is 1.86. The molecule has 0 saturated heterocycles. The van der Waals surface area contributed by atoms with Crippen molar-refractivity contribution >= 4 is 17.5 Å². The predicted octanol–water partition coefficient (Wildman–Crippen LogP) is 1.47. The van der Waals surface area contributed by atoms with E-state index in [0.717, 1.165) is 5.69 Å². The molecule has 18 heavy (non-hydrogen) atoms. The van der Waals surface area contributed by atoms with Crippen LogP contribution in [0.15, 0.2) is 30.6 Å². The van der Waals surface area contributed by atoms with Gasteiger partial charge in [-0.05, 0) is 19.1 Å². The number of nitrogens with zero attached hydrogens (tertiary/aromatic N) is 3. The van der Waals surface area contributed by atoms with Gasteiger partial charge in [0.25, 0.3) is 5.91 Å². The Bertz CT molecular complexity index is 570. The van der Waals surface area contributed by atoms with Crippen molar-refractivity contribution in [2.75, 3.05) is 17.7 Å². The highest BCUT2D eigenvalue weighted by atomic mass is 16.1. The third kappa shape index (κ3) is 2.79. The smallest absolute Gasteiger partial charge is 0.277 e. The summed E-state index contributed by atoms with van der Waals surface area (Å²) in [4.78, 5) is 24.1. The quantitative estimate of drug-likeness (QED) is 0.853. The summed E-state index contributed by atoms with van der Waals surface area (Å²) in [5.74, 6) is 0.703. The summed E-state index contributed by atoms with van der Waals surface area (Å²) in [5.41, 5.74) is 1.08. The van der Waals surface area contributed by atoms with Crippen LogP contribution in [0.25, 0.3) is 0 Å². The highest BCUT2D eigenvalue weighted by molar-refractivity contribution is 6.02. The molecule has 6 nitrogen and oxygen atoms in total. The second-order valence-corrected chi connectivity index (χ2v) is 3.66. The van der Waals surface area contributed by atoms with Crippen LogP contribution in [0.5, 0.6) is 0 Å². The Kier molecular flexibility index (Phi) is 3.47. The van der Waals surface area contributed by atoms with Crippen molar-refractivity contribution in [3.05, 3.63) is 42.0 Å². The molecule has 0 saturated carbocycles. The molecule has 92 valence electrons. The zero-order valence-electron chi connectivity index (χ0n) is 10.1. The monoisotopic (exact) mass is 243 g/mol. The van der Waals surface area contributed by atoms with Gasteiger partial charge in [-0.15, -0.1) is 0 Å². The maximum atomic E-state index is 11.9. The molecule has 0 aliphatic carbocycles. The Morgan fingerprint density at radius 2 is 2.00 bits per heavy atom. The molecule has 2 heterocycles. The number of nitrogens with one attached hydrogen (secondary N) is 2. The molecule has 0 bridgehead atoms. The number of aryl methyl sites for hydroxylation is 1. The van der Waals surface area contributed by atoms with Crippen molar-refractivity contribution in [2.24, 2.45) is 0 Å². The maximum Gasteiger partial charge on any atom is 0.277 e. The summed E-state index contributed by atoms with van der Waals surface area (Å²) < 4.78 is 0. The number of anilines is 2. The second kappa shape index (κ2) is 5.22. The van der Waals surface area contributed by atoms with Gasteiger partial charge in [-0.25, -0.2) is 9.97 Å². The largest absolute Gasteiger partial charge is 0.372 e. The standard InChI is InChI=1S/C12H13N5O/c1-8-4-3-5-10(15-8)17-12(18)9-6-14-7-11(13-2)16-9/h3-7H,1-2H3,(H,13,16)(H,15,17,18). The van der Waals surface area contributed by atoms with Crippen LogP contribution in [-0.2, 0) is 0 Å². The van der Waals surface area contributed by atoms with E-state index < -0.39 is 0 Å². The molecule has 0 aliphatic rings. The molecule has 2 N–H and O–H groups in total. The number of amides is 1. The van der Waals surface area contributed by atoms with Gasteiger partial charge in [-0.1, -0.05) is 6.07 Å². The number of hydrogen-bond acceptors (Lipinski definition) is 5. The molecular weight excluding hydrogens is 230 g/mol. The molecule has 0 aromatic carbocycles. The van der Waals surface area contributed by atoms with E-state index in [1.807, 2.05) is 19.1 Å². The van der Waals surface area contributed by atoms with Gasteiger partial charge in [0.05, 0.1) is 12.4 Å². The van der Waals surface area contributed by atoms with Gasteiger partial charge in [-0.2, -0.15) is 0 Å². The van der Waals surface area contributed by atoms with E-state index in [0.29, 0.717) is 11.6 Å². The molecule has 0 spiro atoms.